The second kappa shape index (κ2) is 7.36. The molecule has 0 aliphatic carbocycles. The first-order valence-electron chi connectivity index (χ1n) is 7.61. The number of ether oxygens (including phenoxy) is 1. The number of hydrogen-bond acceptors (Lipinski definition) is 3. The Morgan fingerprint density at radius 1 is 1.35 bits per heavy atom. The Balaban J connectivity index is 3.05. The third kappa shape index (κ3) is 3.50. The van der Waals surface area contributed by atoms with E-state index < -0.39 is 5.41 Å². The second-order valence-corrected chi connectivity index (χ2v) is 6.34. The van der Waals surface area contributed by atoms with Crippen molar-refractivity contribution >= 4 is 23.1 Å². The number of thiocarbonyl (C=S) groups is 1. The molecule has 1 aliphatic rings. The van der Waals surface area contributed by atoms with Crippen molar-refractivity contribution in [3.8, 4) is 0 Å². The first kappa shape index (κ1) is 17.4. The molecule has 1 saturated heterocycles. The molecule has 0 bridgehead atoms. The molecule has 0 aromatic carbocycles. The van der Waals surface area contributed by atoms with Gasteiger partial charge in [-0.2, -0.15) is 0 Å². The largest absolute Gasteiger partial charge is 0.392 e. The maximum atomic E-state index is 13.1. The summed E-state index contributed by atoms with van der Waals surface area (Å²) < 4.78 is 5.61. The van der Waals surface area contributed by atoms with Crippen LogP contribution in [0.25, 0.3) is 0 Å². The van der Waals surface area contributed by atoms with Crippen molar-refractivity contribution in [3.05, 3.63) is 0 Å². The maximum Gasteiger partial charge on any atom is 0.236 e. The number of carbonyl (C=O) groups excluding carboxylic acids is 1. The lowest BCUT2D eigenvalue weighted by atomic mass is 9.77. The van der Waals surface area contributed by atoms with Gasteiger partial charge in [0.1, 0.15) is 0 Å². The van der Waals surface area contributed by atoms with Gasteiger partial charge in [0.25, 0.3) is 0 Å². The average molecular weight is 300 g/mol. The van der Waals surface area contributed by atoms with Crippen LogP contribution in [0.2, 0.25) is 0 Å². The summed E-state index contributed by atoms with van der Waals surface area (Å²) >= 11 is 5.27. The summed E-state index contributed by atoms with van der Waals surface area (Å²) in [7, 11) is 0. The van der Waals surface area contributed by atoms with E-state index in [9.17, 15) is 4.79 Å². The number of amides is 1. The SMILES string of the molecule is CCCC(CCC)(C(=O)N1CC(C)OCC1C)C(N)=S. The molecule has 1 amide bonds. The Bertz CT molecular complexity index is 354. The summed E-state index contributed by atoms with van der Waals surface area (Å²) in [5, 5.41) is 0. The van der Waals surface area contributed by atoms with Crippen molar-refractivity contribution in [1.29, 1.82) is 0 Å². The zero-order valence-electron chi connectivity index (χ0n) is 13.1. The van der Waals surface area contributed by atoms with Crippen molar-refractivity contribution in [2.45, 2.75) is 65.5 Å². The monoisotopic (exact) mass is 300 g/mol. The van der Waals surface area contributed by atoms with Crippen LogP contribution in [0.15, 0.2) is 0 Å². The predicted octanol–water partition coefficient (Wildman–Crippen LogP) is 2.49. The van der Waals surface area contributed by atoms with E-state index >= 15 is 0 Å². The van der Waals surface area contributed by atoms with E-state index in [1.807, 2.05) is 18.7 Å². The highest BCUT2D eigenvalue weighted by atomic mass is 32.1. The summed E-state index contributed by atoms with van der Waals surface area (Å²) in [5.74, 6) is 0.0938. The number of rotatable bonds is 6. The number of carbonyl (C=O) groups is 1. The summed E-state index contributed by atoms with van der Waals surface area (Å²) in [6, 6.07) is 0.0844. The lowest BCUT2D eigenvalue weighted by Gasteiger charge is -2.43. The highest BCUT2D eigenvalue weighted by molar-refractivity contribution is 7.80. The van der Waals surface area contributed by atoms with E-state index in [-0.39, 0.29) is 18.1 Å². The van der Waals surface area contributed by atoms with Gasteiger partial charge < -0.3 is 15.4 Å². The first-order chi connectivity index (χ1) is 9.39. The zero-order chi connectivity index (χ0) is 15.3. The van der Waals surface area contributed by atoms with Crippen LogP contribution in [0, 0.1) is 5.41 Å². The molecule has 1 aliphatic heterocycles. The first-order valence-corrected chi connectivity index (χ1v) is 8.02. The highest BCUT2D eigenvalue weighted by Crippen LogP contribution is 2.34. The molecule has 116 valence electrons. The Hall–Kier alpha value is -0.680. The van der Waals surface area contributed by atoms with E-state index in [0.29, 0.717) is 18.1 Å². The van der Waals surface area contributed by atoms with Crippen molar-refractivity contribution < 1.29 is 9.53 Å². The number of nitrogens with two attached hydrogens (primary N) is 1. The topological polar surface area (TPSA) is 55.6 Å². The van der Waals surface area contributed by atoms with Crippen molar-refractivity contribution in [2.24, 2.45) is 11.1 Å². The van der Waals surface area contributed by atoms with E-state index in [0.717, 1.165) is 25.7 Å². The van der Waals surface area contributed by atoms with Gasteiger partial charge in [-0.3, -0.25) is 4.79 Å². The zero-order valence-corrected chi connectivity index (χ0v) is 14.0. The van der Waals surface area contributed by atoms with Crippen LogP contribution in [0.5, 0.6) is 0 Å². The van der Waals surface area contributed by atoms with E-state index in [4.69, 9.17) is 22.7 Å². The molecular weight excluding hydrogens is 272 g/mol. The van der Waals surface area contributed by atoms with Gasteiger partial charge in [-0.15, -0.1) is 0 Å². The molecule has 0 saturated carbocycles. The molecular formula is C15H28N2O2S. The summed E-state index contributed by atoms with van der Waals surface area (Å²) in [4.78, 5) is 15.4. The second-order valence-electron chi connectivity index (χ2n) is 5.90. The fourth-order valence-corrected chi connectivity index (χ4v) is 3.30. The minimum absolute atomic E-state index is 0.0717. The predicted molar refractivity (Wildman–Crippen MR) is 85.6 cm³/mol. The van der Waals surface area contributed by atoms with Crippen molar-refractivity contribution in [1.82, 2.24) is 4.90 Å². The van der Waals surface area contributed by atoms with Crippen LogP contribution in [-0.4, -0.2) is 41.1 Å². The van der Waals surface area contributed by atoms with Gasteiger partial charge in [0.15, 0.2) is 0 Å². The van der Waals surface area contributed by atoms with Crippen molar-refractivity contribution in [2.75, 3.05) is 13.2 Å². The number of morpholine rings is 1. The summed E-state index contributed by atoms with van der Waals surface area (Å²) in [6.07, 6.45) is 3.33. The van der Waals surface area contributed by atoms with Crippen LogP contribution in [-0.2, 0) is 9.53 Å². The fraction of sp³-hybridized carbons (Fsp3) is 0.867. The Morgan fingerprint density at radius 3 is 2.35 bits per heavy atom. The third-order valence-corrected chi connectivity index (χ3v) is 4.49. The molecule has 5 heteroatoms. The fourth-order valence-electron chi connectivity index (χ4n) is 3.01. The van der Waals surface area contributed by atoms with Gasteiger partial charge in [0.2, 0.25) is 5.91 Å². The van der Waals surface area contributed by atoms with Crippen LogP contribution in [0.1, 0.15) is 53.4 Å². The summed E-state index contributed by atoms with van der Waals surface area (Å²) in [6.45, 7) is 9.36. The molecule has 1 heterocycles. The lowest BCUT2D eigenvalue weighted by Crippen LogP contribution is -2.58. The molecule has 2 atom stereocenters. The van der Waals surface area contributed by atoms with E-state index in [1.54, 1.807) is 0 Å². The number of hydrogen-bond donors (Lipinski definition) is 1. The molecule has 1 rings (SSSR count). The van der Waals surface area contributed by atoms with Gasteiger partial charge in [0.05, 0.1) is 29.2 Å². The average Bonchev–Trinajstić information content (AvgIpc) is 2.40. The third-order valence-electron chi connectivity index (χ3n) is 4.10. The van der Waals surface area contributed by atoms with Crippen LogP contribution < -0.4 is 5.73 Å². The molecule has 4 nitrogen and oxygen atoms in total. The van der Waals surface area contributed by atoms with Crippen molar-refractivity contribution in [3.63, 3.8) is 0 Å². The Labute approximate surface area is 128 Å². The molecule has 0 aromatic rings. The van der Waals surface area contributed by atoms with E-state index in [1.165, 1.54) is 0 Å². The van der Waals surface area contributed by atoms with Crippen LogP contribution >= 0.6 is 12.2 Å². The number of nitrogens with zero attached hydrogens (tertiary/aromatic N) is 1. The van der Waals surface area contributed by atoms with Gasteiger partial charge in [-0.25, -0.2) is 0 Å². The minimum atomic E-state index is -0.676. The molecule has 0 spiro atoms. The lowest BCUT2D eigenvalue weighted by molar-refractivity contribution is -0.151. The van der Waals surface area contributed by atoms with Gasteiger partial charge >= 0.3 is 0 Å². The smallest absolute Gasteiger partial charge is 0.236 e. The molecule has 1 fully saturated rings. The standard InChI is InChI=1S/C15H28N2O2S/c1-5-7-15(8-6-2,13(16)20)14(18)17-9-12(4)19-10-11(17)3/h11-12H,5-10H2,1-4H3,(H2,16,20). The molecule has 2 N–H and O–H groups in total. The van der Waals surface area contributed by atoms with Gasteiger partial charge in [-0.05, 0) is 26.7 Å². The van der Waals surface area contributed by atoms with Crippen LogP contribution in [0.4, 0.5) is 0 Å². The van der Waals surface area contributed by atoms with Gasteiger partial charge in [0, 0.05) is 6.54 Å². The molecule has 20 heavy (non-hydrogen) atoms. The highest BCUT2D eigenvalue weighted by Gasteiger charge is 2.44. The molecule has 0 aromatic heterocycles. The van der Waals surface area contributed by atoms with Gasteiger partial charge in [-0.1, -0.05) is 38.9 Å². The molecule has 0 radical (unpaired) electrons. The Morgan fingerprint density at radius 2 is 1.90 bits per heavy atom. The summed E-state index contributed by atoms with van der Waals surface area (Å²) in [5.41, 5.74) is 5.31. The van der Waals surface area contributed by atoms with Crippen LogP contribution in [0.3, 0.4) is 0 Å². The normalized spacial score (nSPS) is 23.7. The quantitative estimate of drug-likeness (QED) is 0.766. The Kier molecular flexibility index (Phi) is 6.40. The molecule has 2 unspecified atom stereocenters. The maximum absolute atomic E-state index is 13.1. The van der Waals surface area contributed by atoms with E-state index in [2.05, 4.69) is 13.8 Å². The minimum Gasteiger partial charge on any atom is -0.392 e.